The van der Waals surface area contributed by atoms with E-state index in [2.05, 4.69) is 16.5 Å². The zero-order chi connectivity index (χ0) is 12.3. The van der Waals surface area contributed by atoms with Crippen molar-refractivity contribution in [2.45, 2.75) is 26.3 Å². The number of rotatable bonds is 4. The van der Waals surface area contributed by atoms with Crippen LogP contribution in [-0.2, 0) is 6.42 Å². The Hall–Kier alpha value is -1.62. The Kier molecular flexibility index (Phi) is 3.58. The van der Waals surface area contributed by atoms with Gasteiger partial charge in [0.1, 0.15) is 0 Å². The van der Waals surface area contributed by atoms with Gasteiger partial charge in [0, 0.05) is 23.4 Å². The summed E-state index contributed by atoms with van der Waals surface area (Å²) in [6.07, 6.45) is 0.830. The van der Waals surface area contributed by atoms with Gasteiger partial charge in [-0.05, 0) is 25.3 Å². The van der Waals surface area contributed by atoms with Crippen molar-refractivity contribution in [1.29, 1.82) is 0 Å². The van der Waals surface area contributed by atoms with Gasteiger partial charge < -0.3 is 9.84 Å². The maximum Gasteiger partial charge on any atom is 0.290 e. The van der Waals surface area contributed by atoms with Crippen LogP contribution in [0.2, 0.25) is 0 Å². The molecule has 0 fully saturated rings. The molecule has 17 heavy (non-hydrogen) atoms. The van der Waals surface area contributed by atoms with Crippen LogP contribution in [-0.4, -0.2) is 17.1 Å². The van der Waals surface area contributed by atoms with E-state index >= 15 is 0 Å². The molecule has 90 valence electrons. The van der Waals surface area contributed by atoms with Gasteiger partial charge in [0.05, 0.1) is 5.69 Å². The van der Waals surface area contributed by atoms with Crippen molar-refractivity contribution in [2.75, 3.05) is 0 Å². The van der Waals surface area contributed by atoms with E-state index in [9.17, 15) is 4.79 Å². The SMILES string of the molecule is Cc1cc(C(=O)NC(C)Cc2cccs2)on1. The van der Waals surface area contributed by atoms with Gasteiger partial charge in [-0.1, -0.05) is 11.2 Å². The highest BCUT2D eigenvalue weighted by Gasteiger charge is 2.14. The lowest BCUT2D eigenvalue weighted by molar-refractivity contribution is 0.0903. The summed E-state index contributed by atoms with van der Waals surface area (Å²) in [5.74, 6) is 0.0511. The highest BCUT2D eigenvalue weighted by atomic mass is 32.1. The lowest BCUT2D eigenvalue weighted by Gasteiger charge is -2.11. The van der Waals surface area contributed by atoms with E-state index in [1.165, 1.54) is 4.88 Å². The molecule has 0 bridgehead atoms. The van der Waals surface area contributed by atoms with Gasteiger partial charge in [0.25, 0.3) is 5.91 Å². The zero-order valence-corrected chi connectivity index (χ0v) is 10.6. The van der Waals surface area contributed by atoms with Gasteiger partial charge in [-0.2, -0.15) is 0 Å². The van der Waals surface area contributed by atoms with Crippen molar-refractivity contribution in [3.8, 4) is 0 Å². The fraction of sp³-hybridized carbons (Fsp3) is 0.333. The summed E-state index contributed by atoms with van der Waals surface area (Å²) < 4.78 is 4.90. The Bertz CT molecular complexity index is 490. The molecule has 4 nitrogen and oxygen atoms in total. The summed E-state index contributed by atoms with van der Waals surface area (Å²) in [6, 6.07) is 5.78. The maximum atomic E-state index is 11.8. The Morgan fingerprint density at radius 3 is 3.06 bits per heavy atom. The predicted molar refractivity (Wildman–Crippen MR) is 66.2 cm³/mol. The van der Waals surface area contributed by atoms with Gasteiger partial charge >= 0.3 is 0 Å². The molecule has 2 rings (SSSR count). The summed E-state index contributed by atoms with van der Waals surface area (Å²) in [5.41, 5.74) is 0.709. The summed E-state index contributed by atoms with van der Waals surface area (Å²) in [7, 11) is 0. The molecule has 1 N–H and O–H groups in total. The predicted octanol–water partition coefficient (Wildman–Crippen LogP) is 2.41. The van der Waals surface area contributed by atoms with E-state index in [0.717, 1.165) is 6.42 Å². The van der Waals surface area contributed by atoms with Crippen LogP contribution >= 0.6 is 11.3 Å². The van der Waals surface area contributed by atoms with Crippen LogP contribution in [0.5, 0.6) is 0 Å². The molecule has 1 atom stereocenters. The van der Waals surface area contributed by atoms with Crippen molar-refractivity contribution in [2.24, 2.45) is 0 Å². The molecule has 2 aromatic rings. The third kappa shape index (κ3) is 3.17. The van der Waals surface area contributed by atoms with Crippen molar-refractivity contribution in [1.82, 2.24) is 10.5 Å². The number of aryl methyl sites for hydroxylation is 1. The fourth-order valence-corrected chi connectivity index (χ4v) is 2.38. The van der Waals surface area contributed by atoms with E-state index in [0.29, 0.717) is 5.69 Å². The molecule has 0 saturated carbocycles. The van der Waals surface area contributed by atoms with Crippen molar-refractivity contribution < 1.29 is 9.32 Å². The van der Waals surface area contributed by atoms with Crippen LogP contribution in [0.1, 0.15) is 28.0 Å². The molecule has 0 aliphatic carbocycles. The van der Waals surface area contributed by atoms with Crippen molar-refractivity contribution in [3.63, 3.8) is 0 Å². The van der Waals surface area contributed by atoms with Crippen molar-refractivity contribution >= 4 is 17.2 Å². The molecule has 5 heteroatoms. The fourth-order valence-electron chi connectivity index (χ4n) is 1.55. The van der Waals surface area contributed by atoms with Crippen LogP contribution in [0.15, 0.2) is 28.1 Å². The average molecular weight is 250 g/mol. The van der Waals surface area contributed by atoms with Gasteiger partial charge in [-0.15, -0.1) is 11.3 Å². The molecule has 1 unspecified atom stereocenters. The van der Waals surface area contributed by atoms with E-state index in [4.69, 9.17) is 4.52 Å². The van der Waals surface area contributed by atoms with Crippen molar-refractivity contribution in [3.05, 3.63) is 39.9 Å². The number of amides is 1. The van der Waals surface area contributed by atoms with Crippen LogP contribution in [0.4, 0.5) is 0 Å². The minimum absolute atomic E-state index is 0.0755. The Balaban J connectivity index is 1.90. The number of nitrogens with zero attached hydrogens (tertiary/aromatic N) is 1. The van der Waals surface area contributed by atoms with Crippen LogP contribution in [0, 0.1) is 6.92 Å². The molecule has 0 aromatic carbocycles. The second-order valence-corrected chi connectivity index (χ2v) is 5.02. The van der Waals surface area contributed by atoms with E-state index in [-0.39, 0.29) is 17.7 Å². The van der Waals surface area contributed by atoms with E-state index in [1.807, 2.05) is 18.4 Å². The maximum absolute atomic E-state index is 11.8. The van der Waals surface area contributed by atoms with Gasteiger partial charge in [0.15, 0.2) is 0 Å². The highest BCUT2D eigenvalue weighted by molar-refractivity contribution is 7.09. The third-order valence-corrected chi connectivity index (χ3v) is 3.22. The third-order valence-electron chi connectivity index (χ3n) is 2.32. The Labute approximate surface area is 104 Å². The number of nitrogens with one attached hydrogen (secondary N) is 1. The molecule has 2 aromatic heterocycles. The first-order chi connectivity index (χ1) is 8.15. The molecule has 0 radical (unpaired) electrons. The number of hydrogen-bond acceptors (Lipinski definition) is 4. The minimum atomic E-state index is -0.213. The minimum Gasteiger partial charge on any atom is -0.351 e. The molecule has 1 amide bonds. The largest absolute Gasteiger partial charge is 0.351 e. The first-order valence-electron chi connectivity index (χ1n) is 5.41. The Morgan fingerprint density at radius 1 is 1.65 bits per heavy atom. The number of aromatic nitrogens is 1. The molecule has 0 aliphatic rings. The molecule has 0 saturated heterocycles. The summed E-state index contributed by atoms with van der Waals surface area (Å²) in [5, 5.41) is 8.60. The number of thiophene rings is 1. The first kappa shape index (κ1) is 11.9. The number of carbonyl (C=O) groups excluding carboxylic acids is 1. The average Bonchev–Trinajstić information content (AvgIpc) is 2.89. The first-order valence-corrected chi connectivity index (χ1v) is 6.29. The molecule has 0 aliphatic heterocycles. The quantitative estimate of drug-likeness (QED) is 0.906. The molecule has 2 heterocycles. The summed E-state index contributed by atoms with van der Waals surface area (Å²) in [4.78, 5) is 13.0. The molecular weight excluding hydrogens is 236 g/mol. The zero-order valence-electron chi connectivity index (χ0n) is 9.77. The van der Waals surface area contributed by atoms with E-state index < -0.39 is 0 Å². The summed E-state index contributed by atoms with van der Waals surface area (Å²) in [6.45, 7) is 3.76. The normalized spacial score (nSPS) is 12.4. The smallest absolute Gasteiger partial charge is 0.290 e. The van der Waals surface area contributed by atoms with Gasteiger partial charge in [-0.3, -0.25) is 4.79 Å². The molecule has 0 spiro atoms. The monoisotopic (exact) mass is 250 g/mol. The second kappa shape index (κ2) is 5.14. The topological polar surface area (TPSA) is 55.1 Å². The Morgan fingerprint density at radius 2 is 2.47 bits per heavy atom. The highest BCUT2D eigenvalue weighted by Crippen LogP contribution is 2.11. The standard InChI is InChI=1S/C12H14N2O2S/c1-8(6-10-4-3-5-17-10)13-12(15)11-7-9(2)14-16-11/h3-5,7-8H,6H2,1-2H3,(H,13,15). The van der Waals surface area contributed by atoms with E-state index in [1.54, 1.807) is 24.3 Å². The molecular formula is C12H14N2O2S. The van der Waals surface area contributed by atoms with Crippen LogP contribution in [0.25, 0.3) is 0 Å². The van der Waals surface area contributed by atoms with Gasteiger partial charge in [0.2, 0.25) is 5.76 Å². The lowest BCUT2D eigenvalue weighted by atomic mass is 10.2. The second-order valence-electron chi connectivity index (χ2n) is 3.99. The van der Waals surface area contributed by atoms with Crippen LogP contribution in [0.3, 0.4) is 0 Å². The van der Waals surface area contributed by atoms with Gasteiger partial charge in [-0.25, -0.2) is 0 Å². The lowest BCUT2D eigenvalue weighted by Crippen LogP contribution is -2.33. The summed E-state index contributed by atoms with van der Waals surface area (Å²) >= 11 is 1.69. The number of carbonyl (C=O) groups is 1. The number of hydrogen-bond donors (Lipinski definition) is 1. The van der Waals surface area contributed by atoms with Crippen LogP contribution < -0.4 is 5.32 Å².